The molecule has 28 heavy (non-hydrogen) atoms. The van der Waals surface area contributed by atoms with Gasteiger partial charge in [-0.2, -0.15) is 0 Å². The number of fused-ring (bicyclic) bond motifs is 3. The van der Waals surface area contributed by atoms with Gasteiger partial charge in [-0.05, 0) is 31.4 Å². The Labute approximate surface area is 168 Å². The highest BCUT2D eigenvalue weighted by Crippen LogP contribution is 2.33. The van der Waals surface area contributed by atoms with Gasteiger partial charge in [-0.15, -0.1) is 0 Å². The molecule has 0 spiro atoms. The van der Waals surface area contributed by atoms with E-state index in [4.69, 9.17) is 21.1 Å². The predicted octanol–water partition coefficient (Wildman–Crippen LogP) is 2.81. The van der Waals surface area contributed by atoms with Gasteiger partial charge < -0.3 is 14.5 Å². The number of ether oxygens (including phenoxy) is 2. The summed E-state index contributed by atoms with van der Waals surface area (Å²) in [6.45, 7) is 6.29. The molecule has 4 saturated heterocycles. The highest BCUT2D eigenvalue weighted by atomic mass is 35.5. The summed E-state index contributed by atoms with van der Waals surface area (Å²) >= 11 is 6.11. The summed E-state index contributed by atoms with van der Waals surface area (Å²) in [6.07, 6.45) is 3.68. The van der Waals surface area contributed by atoms with Crippen molar-refractivity contribution in [1.82, 2.24) is 19.8 Å². The Morgan fingerprint density at radius 3 is 2.82 bits per heavy atom. The topological polar surface area (TPSA) is 53.6 Å². The molecule has 1 N–H and O–H groups in total. The number of halogens is 2. The molecule has 6 rings (SSSR count). The van der Waals surface area contributed by atoms with Gasteiger partial charge in [0.1, 0.15) is 17.2 Å². The zero-order valence-electron chi connectivity index (χ0n) is 15.9. The first-order valence-electron chi connectivity index (χ1n) is 10.2. The standard InChI is InChI=1S/C20H26ClFN4O2/c21-17-7-13(22)8-18-20(17)24-19(23-18)12-25-10-14-9-15(11-25)26(14)3-6-28-16-1-4-27-5-2-16/h7-8,14-16H,1-6,9-12H2,(H,23,24). The van der Waals surface area contributed by atoms with Crippen LogP contribution in [-0.4, -0.2) is 77.4 Å². The van der Waals surface area contributed by atoms with Gasteiger partial charge in [0.25, 0.3) is 0 Å². The van der Waals surface area contributed by atoms with Crippen LogP contribution in [0.2, 0.25) is 5.02 Å². The van der Waals surface area contributed by atoms with Crippen LogP contribution in [0.15, 0.2) is 12.1 Å². The van der Waals surface area contributed by atoms with Crippen molar-refractivity contribution in [3.05, 3.63) is 28.8 Å². The molecule has 0 amide bonds. The molecular formula is C20H26ClFN4O2. The van der Waals surface area contributed by atoms with Crippen molar-refractivity contribution in [2.24, 2.45) is 0 Å². The third-order valence-corrected chi connectivity index (χ3v) is 6.51. The smallest absolute Gasteiger partial charge is 0.126 e. The van der Waals surface area contributed by atoms with Crippen molar-refractivity contribution in [3.63, 3.8) is 0 Å². The summed E-state index contributed by atoms with van der Waals surface area (Å²) in [7, 11) is 0. The van der Waals surface area contributed by atoms with E-state index in [-0.39, 0.29) is 5.82 Å². The first-order chi connectivity index (χ1) is 13.7. The van der Waals surface area contributed by atoms with Gasteiger partial charge in [-0.1, -0.05) is 11.6 Å². The predicted molar refractivity (Wildman–Crippen MR) is 105 cm³/mol. The first-order valence-corrected chi connectivity index (χ1v) is 10.5. The van der Waals surface area contributed by atoms with Crippen LogP contribution < -0.4 is 0 Å². The highest BCUT2D eigenvalue weighted by Gasteiger charge is 2.44. The maximum atomic E-state index is 13.5. The number of H-pyrrole nitrogens is 1. The van der Waals surface area contributed by atoms with E-state index >= 15 is 0 Å². The van der Waals surface area contributed by atoms with Crippen LogP contribution >= 0.6 is 11.6 Å². The molecule has 2 unspecified atom stereocenters. The summed E-state index contributed by atoms with van der Waals surface area (Å²) in [6, 6.07) is 3.96. The SMILES string of the molecule is Fc1cc(Cl)c2nc(CN3CC4CC(C3)N4CCOC3CCOCC3)[nH]c2c1. The molecular weight excluding hydrogens is 383 g/mol. The fourth-order valence-corrected chi connectivity index (χ4v) is 5.06. The molecule has 1 aromatic heterocycles. The quantitative estimate of drug-likeness (QED) is 0.796. The molecule has 0 aliphatic carbocycles. The second-order valence-corrected chi connectivity index (χ2v) is 8.53. The Kier molecular flexibility index (Phi) is 5.28. The molecule has 0 saturated carbocycles. The molecule has 4 aliphatic rings. The largest absolute Gasteiger partial charge is 0.381 e. The number of hydrogen-bond donors (Lipinski definition) is 1. The minimum absolute atomic E-state index is 0.342. The number of piperazine rings is 1. The van der Waals surface area contributed by atoms with Crippen LogP contribution in [0.4, 0.5) is 4.39 Å². The van der Waals surface area contributed by atoms with Gasteiger partial charge in [-0.3, -0.25) is 9.80 Å². The van der Waals surface area contributed by atoms with E-state index < -0.39 is 0 Å². The average molecular weight is 409 g/mol. The lowest BCUT2D eigenvalue weighted by atomic mass is 9.87. The molecule has 4 aliphatic heterocycles. The van der Waals surface area contributed by atoms with E-state index in [9.17, 15) is 4.39 Å². The molecule has 8 heteroatoms. The van der Waals surface area contributed by atoms with Gasteiger partial charge in [0.2, 0.25) is 0 Å². The van der Waals surface area contributed by atoms with Crippen LogP contribution in [0.25, 0.3) is 11.0 Å². The summed E-state index contributed by atoms with van der Waals surface area (Å²) in [4.78, 5) is 12.8. The monoisotopic (exact) mass is 408 g/mol. The highest BCUT2D eigenvalue weighted by molar-refractivity contribution is 6.34. The first kappa shape index (κ1) is 18.8. The summed E-state index contributed by atoms with van der Waals surface area (Å²) in [5.41, 5.74) is 1.31. The van der Waals surface area contributed by atoms with Crippen molar-refractivity contribution in [2.45, 2.75) is 44.0 Å². The van der Waals surface area contributed by atoms with Crippen molar-refractivity contribution in [3.8, 4) is 0 Å². The number of piperidine rings is 1. The lowest BCUT2D eigenvalue weighted by Gasteiger charge is -2.56. The number of imidazole rings is 1. The Balaban J connectivity index is 1.13. The molecule has 6 nitrogen and oxygen atoms in total. The van der Waals surface area contributed by atoms with Gasteiger partial charge in [0.05, 0.1) is 29.8 Å². The molecule has 2 aromatic rings. The third kappa shape index (κ3) is 3.78. The van der Waals surface area contributed by atoms with Crippen LogP contribution in [0.5, 0.6) is 0 Å². The number of aromatic amines is 1. The fourth-order valence-electron chi connectivity index (χ4n) is 4.82. The van der Waals surface area contributed by atoms with E-state index in [1.54, 1.807) is 0 Å². The van der Waals surface area contributed by atoms with E-state index in [0.717, 1.165) is 64.7 Å². The van der Waals surface area contributed by atoms with Crippen LogP contribution in [0.3, 0.4) is 0 Å². The zero-order valence-corrected chi connectivity index (χ0v) is 16.6. The molecule has 152 valence electrons. The van der Waals surface area contributed by atoms with Gasteiger partial charge >= 0.3 is 0 Å². The molecule has 0 radical (unpaired) electrons. The number of aromatic nitrogens is 2. The molecule has 5 heterocycles. The number of rotatable bonds is 6. The van der Waals surface area contributed by atoms with Gasteiger partial charge in [-0.25, -0.2) is 9.37 Å². The average Bonchev–Trinajstić information content (AvgIpc) is 3.08. The summed E-state index contributed by atoms with van der Waals surface area (Å²) in [5.74, 6) is 0.503. The van der Waals surface area contributed by atoms with Gasteiger partial charge in [0.15, 0.2) is 0 Å². The number of nitrogens with one attached hydrogen (secondary N) is 1. The minimum Gasteiger partial charge on any atom is -0.381 e. The number of benzene rings is 1. The Bertz CT molecular complexity index is 829. The fraction of sp³-hybridized carbons (Fsp3) is 0.650. The number of nitrogens with zero attached hydrogens (tertiary/aromatic N) is 3. The normalized spacial score (nSPS) is 26.6. The van der Waals surface area contributed by atoms with Crippen molar-refractivity contribution >= 4 is 22.6 Å². The van der Waals surface area contributed by atoms with E-state index in [1.165, 1.54) is 18.6 Å². The van der Waals surface area contributed by atoms with Crippen LogP contribution in [0, 0.1) is 5.82 Å². The molecule has 4 fully saturated rings. The van der Waals surface area contributed by atoms with E-state index in [0.29, 0.717) is 34.2 Å². The third-order valence-electron chi connectivity index (χ3n) is 6.22. The lowest BCUT2D eigenvalue weighted by Crippen LogP contribution is -2.68. The maximum Gasteiger partial charge on any atom is 0.126 e. The minimum atomic E-state index is -0.342. The van der Waals surface area contributed by atoms with Crippen molar-refractivity contribution in [2.75, 3.05) is 39.5 Å². The Morgan fingerprint density at radius 2 is 2.04 bits per heavy atom. The molecule has 2 atom stereocenters. The summed E-state index contributed by atoms with van der Waals surface area (Å²) in [5, 5.41) is 0.356. The summed E-state index contributed by atoms with van der Waals surface area (Å²) < 4.78 is 24.9. The Morgan fingerprint density at radius 1 is 1.25 bits per heavy atom. The maximum absolute atomic E-state index is 13.5. The van der Waals surface area contributed by atoms with Crippen molar-refractivity contribution < 1.29 is 13.9 Å². The number of hydrogen-bond acceptors (Lipinski definition) is 5. The second-order valence-electron chi connectivity index (χ2n) is 8.13. The lowest BCUT2D eigenvalue weighted by molar-refractivity contribution is -0.0963. The van der Waals surface area contributed by atoms with E-state index in [1.807, 2.05) is 0 Å². The Hall–Kier alpha value is -1.25. The second kappa shape index (κ2) is 7.88. The van der Waals surface area contributed by atoms with Gasteiger partial charge in [0, 0.05) is 44.9 Å². The molecule has 1 aromatic carbocycles. The van der Waals surface area contributed by atoms with E-state index in [2.05, 4.69) is 19.8 Å². The van der Waals surface area contributed by atoms with Crippen molar-refractivity contribution in [1.29, 1.82) is 0 Å². The van der Waals surface area contributed by atoms with Crippen LogP contribution in [-0.2, 0) is 16.0 Å². The molecule has 2 bridgehead atoms. The zero-order chi connectivity index (χ0) is 19.1. The van der Waals surface area contributed by atoms with Crippen LogP contribution in [0.1, 0.15) is 25.1 Å².